The summed E-state index contributed by atoms with van der Waals surface area (Å²) >= 11 is 12.4. The molecule has 3 aromatic carbocycles. The third-order valence-corrected chi connectivity index (χ3v) is 5.39. The molecule has 0 aliphatic carbocycles. The van der Waals surface area contributed by atoms with Crippen molar-refractivity contribution in [3.8, 4) is 34.2 Å². The fourth-order valence-corrected chi connectivity index (χ4v) is 3.78. The molecule has 1 aromatic heterocycles. The number of hydrogen-bond donors (Lipinski definition) is 0. The third kappa shape index (κ3) is 4.80. The summed E-state index contributed by atoms with van der Waals surface area (Å²) in [5, 5.41) is 10.4. The zero-order valence-electron chi connectivity index (χ0n) is 16.8. The molecule has 0 bridgehead atoms. The second-order valence-electron chi connectivity index (χ2n) is 7.00. The summed E-state index contributed by atoms with van der Waals surface area (Å²) in [4.78, 5) is 4.42. The van der Waals surface area contributed by atoms with Gasteiger partial charge >= 0.3 is 0 Å². The predicted octanol–water partition coefficient (Wildman–Crippen LogP) is 7.59. The van der Waals surface area contributed by atoms with Crippen molar-refractivity contribution in [2.24, 2.45) is 0 Å². The minimum absolute atomic E-state index is 0.103. The number of aromatic nitrogens is 1. The molecule has 0 unspecified atom stereocenters. The second kappa shape index (κ2) is 9.53. The third-order valence-electron chi connectivity index (χ3n) is 4.84. The highest BCUT2D eigenvalue weighted by Gasteiger charge is 2.21. The first-order valence-corrected chi connectivity index (χ1v) is 10.3. The summed E-state index contributed by atoms with van der Waals surface area (Å²) < 4.78 is 46.5. The van der Waals surface area contributed by atoms with Crippen LogP contribution in [0, 0.1) is 28.8 Å². The Balaban J connectivity index is 1.90. The zero-order chi connectivity index (χ0) is 23.5. The van der Waals surface area contributed by atoms with Gasteiger partial charge in [0.1, 0.15) is 29.8 Å². The first kappa shape index (κ1) is 22.7. The van der Waals surface area contributed by atoms with Crippen LogP contribution in [0.15, 0.2) is 66.9 Å². The Bertz CT molecular complexity index is 1390. The molecule has 0 aliphatic rings. The van der Waals surface area contributed by atoms with E-state index in [1.54, 1.807) is 18.2 Å². The van der Waals surface area contributed by atoms with Gasteiger partial charge in [-0.25, -0.2) is 13.2 Å². The van der Waals surface area contributed by atoms with E-state index in [9.17, 15) is 18.4 Å². The van der Waals surface area contributed by atoms with Crippen molar-refractivity contribution in [3.63, 3.8) is 0 Å². The average molecular weight is 485 g/mol. The highest BCUT2D eigenvalue weighted by atomic mass is 35.5. The van der Waals surface area contributed by atoms with Gasteiger partial charge in [0.15, 0.2) is 11.6 Å². The van der Waals surface area contributed by atoms with Crippen LogP contribution in [0.5, 0.6) is 5.75 Å². The molecule has 33 heavy (non-hydrogen) atoms. The van der Waals surface area contributed by atoms with Gasteiger partial charge < -0.3 is 4.74 Å². The maximum absolute atomic E-state index is 13.6. The highest BCUT2D eigenvalue weighted by Crippen LogP contribution is 2.42. The Morgan fingerprint density at radius 2 is 1.67 bits per heavy atom. The minimum Gasteiger partial charge on any atom is -0.487 e. The monoisotopic (exact) mass is 484 g/mol. The molecule has 0 aliphatic heterocycles. The van der Waals surface area contributed by atoms with Crippen LogP contribution in [0.25, 0.3) is 22.4 Å². The molecule has 4 aromatic rings. The Morgan fingerprint density at radius 3 is 2.33 bits per heavy atom. The smallest absolute Gasteiger partial charge is 0.159 e. The van der Waals surface area contributed by atoms with E-state index in [0.717, 1.165) is 12.1 Å². The summed E-state index contributed by atoms with van der Waals surface area (Å²) in [5.41, 5.74) is 2.25. The number of hydrogen-bond acceptors (Lipinski definition) is 3. The molecular formula is C25H13Cl2F3N2O. The van der Waals surface area contributed by atoms with Gasteiger partial charge in [-0.2, -0.15) is 5.26 Å². The van der Waals surface area contributed by atoms with E-state index in [1.807, 2.05) is 6.07 Å². The molecule has 0 radical (unpaired) electrons. The van der Waals surface area contributed by atoms with Gasteiger partial charge in [-0.3, -0.25) is 4.98 Å². The fraction of sp³-hybridized carbons (Fsp3) is 0.0400. The van der Waals surface area contributed by atoms with E-state index in [-0.39, 0.29) is 17.9 Å². The van der Waals surface area contributed by atoms with E-state index in [0.29, 0.717) is 38.0 Å². The fourth-order valence-electron chi connectivity index (χ4n) is 3.28. The Kier molecular flexibility index (Phi) is 6.55. The van der Waals surface area contributed by atoms with Crippen molar-refractivity contribution in [1.82, 2.24) is 4.98 Å². The van der Waals surface area contributed by atoms with Gasteiger partial charge in [0.25, 0.3) is 0 Å². The highest BCUT2D eigenvalue weighted by molar-refractivity contribution is 6.36. The average Bonchev–Trinajstić information content (AvgIpc) is 2.80. The quantitative estimate of drug-likeness (QED) is 0.293. The molecule has 3 nitrogen and oxygen atoms in total. The number of benzene rings is 3. The van der Waals surface area contributed by atoms with Crippen molar-refractivity contribution in [2.45, 2.75) is 6.61 Å². The van der Waals surface area contributed by atoms with E-state index >= 15 is 0 Å². The summed E-state index contributed by atoms with van der Waals surface area (Å²) in [5.74, 6) is -2.30. The zero-order valence-corrected chi connectivity index (χ0v) is 18.3. The topological polar surface area (TPSA) is 45.9 Å². The van der Waals surface area contributed by atoms with Crippen molar-refractivity contribution in [3.05, 3.63) is 105 Å². The molecule has 0 spiro atoms. The summed E-state index contributed by atoms with van der Waals surface area (Å²) in [6, 6.07) is 15.8. The molecule has 1 heterocycles. The molecule has 0 N–H and O–H groups in total. The van der Waals surface area contributed by atoms with Gasteiger partial charge in [-0.15, -0.1) is 0 Å². The molecule has 0 fully saturated rings. The molecular weight excluding hydrogens is 472 g/mol. The van der Waals surface area contributed by atoms with Crippen LogP contribution < -0.4 is 4.74 Å². The summed E-state index contributed by atoms with van der Waals surface area (Å²) in [6.45, 7) is -0.155. The molecule has 8 heteroatoms. The van der Waals surface area contributed by atoms with Crippen molar-refractivity contribution in [2.75, 3.05) is 0 Å². The summed E-state index contributed by atoms with van der Waals surface area (Å²) in [7, 11) is 0. The van der Waals surface area contributed by atoms with E-state index in [2.05, 4.69) is 4.98 Å². The van der Waals surface area contributed by atoms with Crippen LogP contribution in [0.1, 0.15) is 11.1 Å². The molecule has 4 rings (SSSR count). The largest absolute Gasteiger partial charge is 0.487 e. The van der Waals surface area contributed by atoms with E-state index < -0.39 is 17.5 Å². The number of pyridine rings is 1. The standard InChI is InChI=1S/C25H13Cl2F3N2O/c26-17-4-7-19(20(27)10-17)24-23(15-2-5-18(28)6-3-15)25(16(11-31)12-32-24)33-13-14-1-8-21(29)22(30)9-14/h1-10,12H,13H2. The Labute approximate surface area is 197 Å². The first-order chi connectivity index (χ1) is 15.9. The van der Waals surface area contributed by atoms with Crippen LogP contribution in [0.2, 0.25) is 10.0 Å². The molecule has 164 valence electrons. The lowest BCUT2D eigenvalue weighted by Gasteiger charge is -2.18. The number of nitriles is 1. The van der Waals surface area contributed by atoms with E-state index in [1.165, 1.54) is 36.5 Å². The lowest BCUT2D eigenvalue weighted by atomic mass is 9.96. The van der Waals surface area contributed by atoms with Crippen LogP contribution in [0.4, 0.5) is 13.2 Å². The molecule has 0 saturated heterocycles. The van der Waals surface area contributed by atoms with Crippen molar-refractivity contribution < 1.29 is 17.9 Å². The molecule has 0 amide bonds. The SMILES string of the molecule is N#Cc1cnc(-c2ccc(Cl)cc2Cl)c(-c2ccc(F)cc2)c1OCc1ccc(F)c(F)c1. The van der Waals surface area contributed by atoms with Gasteiger partial charge in [0.2, 0.25) is 0 Å². The van der Waals surface area contributed by atoms with Gasteiger partial charge in [-0.05, 0) is 53.6 Å². The van der Waals surface area contributed by atoms with Crippen LogP contribution in [-0.2, 0) is 6.61 Å². The van der Waals surface area contributed by atoms with Crippen molar-refractivity contribution in [1.29, 1.82) is 5.26 Å². The van der Waals surface area contributed by atoms with Crippen LogP contribution >= 0.6 is 23.2 Å². The first-order valence-electron chi connectivity index (χ1n) is 9.58. The minimum atomic E-state index is -1.02. The molecule has 0 saturated carbocycles. The maximum Gasteiger partial charge on any atom is 0.159 e. The summed E-state index contributed by atoms with van der Waals surface area (Å²) in [6.07, 6.45) is 1.33. The number of ether oxygens (including phenoxy) is 1. The van der Waals surface area contributed by atoms with Gasteiger partial charge in [-0.1, -0.05) is 41.4 Å². The van der Waals surface area contributed by atoms with Crippen LogP contribution in [0.3, 0.4) is 0 Å². The lowest BCUT2D eigenvalue weighted by molar-refractivity contribution is 0.305. The Hall–Kier alpha value is -3.53. The van der Waals surface area contributed by atoms with Gasteiger partial charge in [0, 0.05) is 16.8 Å². The second-order valence-corrected chi connectivity index (χ2v) is 7.85. The predicted molar refractivity (Wildman–Crippen MR) is 120 cm³/mol. The van der Waals surface area contributed by atoms with Crippen molar-refractivity contribution >= 4 is 23.2 Å². The number of halogens is 5. The van der Waals surface area contributed by atoms with E-state index in [4.69, 9.17) is 27.9 Å². The maximum atomic E-state index is 13.6. The number of nitrogens with zero attached hydrogens (tertiary/aromatic N) is 2. The normalized spacial score (nSPS) is 10.7. The number of rotatable bonds is 5. The van der Waals surface area contributed by atoms with Gasteiger partial charge in [0.05, 0.1) is 16.3 Å². The lowest BCUT2D eigenvalue weighted by Crippen LogP contribution is -2.03. The van der Waals surface area contributed by atoms with Crippen LogP contribution in [-0.4, -0.2) is 4.98 Å². The molecule has 0 atom stereocenters. The Morgan fingerprint density at radius 1 is 0.909 bits per heavy atom.